The molecular weight excluding hydrogens is 294 g/mol. The summed E-state index contributed by atoms with van der Waals surface area (Å²) in [6.07, 6.45) is 3.57. The van der Waals surface area contributed by atoms with Crippen molar-refractivity contribution in [3.05, 3.63) is 45.7 Å². The van der Waals surface area contributed by atoms with Gasteiger partial charge >= 0.3 is 0 Å². The van der Waals surface area contributed by atoms with E-state index in [1.54, 1.807) is 30.5 Å². The Bertz CT molecular complexity index is 821. The first kappa shape index (κ1) is 15.4. The fourth-order valence-corrected chi connectivity index (χ4v) is 2.84. The number of amides is 1. The number of fused-ring (bicyclic) bond motifs is 1. The number of rotatable bonds is 5. The van der Waals surface area contributed by atoms with Gasteiger partial charge in [-0.1, -0.05) is 19.9 Å². The van der Waals surface area contributed by atoms with Gasteiger partial charge in [-0.2, -0.15) is 0 Å². The zero-order valence-electron chi connectivity index (χ0n) is 13.2. The van der Waals surface area contributed by atoms with Crippen molar-refractivity contribution in [3.8, 4) is 0 Å². The molecule has 0 aliphatic heterocycles. The highest BCUT2D eigenvalue weighted by molar-refractivity contribution is 5.92. The number of pyridine rings is 1. The molecule has 0 radical (unpaired) electrons. The third-order valence-electron chi connectivity index (χ3n) is 4.17. The Hall–Kier alpha value is -2.50. The second kappa shape index (κ2) is 5.95. The van der Waals surface area contributed by atoms with Gasteiger partial charge in [0.2, 0.25) is 5.91 Å². The zero-order valence-corrected chi connectivity index (χ0v) is 13.2. The number of aromatic nitrogens is 1. The molecular formula is C17H19N3O3. The molecule has 1 atom stereocenters. The van der Waals surface area contributed by atoms with E-state index in [9.17, 15) is 14.5 Å². The summed E-state index contributed by atoms with van der Waals surface area (Å²) in [5.74, 6) is -0.162. The highest BCUT2D eigenvalue weighted by Gasteiger charge is 2.30. The number of benzene rings is 1. The van der Waals surface area contributed by atoms with Crippen LogP contribution in [0.15, 0.2) is 40.4 Å². The largest absolute Gasteiger partial charge is 0.352 e. The Morgan fingerprint density at radius 1 is 1.26 bits per heavy atom. The monoisotopic (exact) mass is 313 g/mol. The van der Waals surface area contributed by atoms with Gasteiger partial charge in [0.25, 0.3) is 5.56 Å². The van der Waals surface area contributed by atoms with Crippen LogP contribution in [0.3, 0.4) is 0 Å². The van der Waals surface area contributed by atoms with Crippen LogP contribution in [0.2, 0.25) is 0 Å². The molecule has 1 saturated carbocycles. The van der Waals surface area contributed by atoms with E-state index in [-0.39, 0.29) is 29.1 Å². The first-order valence-electron chi connectivity index (χ1n) is 7.80. The maximum Gasteiger partial charge on any atom is 0.259 e. The van der Waals surface area contributed by atoms with E-state index >= 15 is 0 Å². The summed E-state index contributed by atoms with van der Waals surface area (Å²) in [4.78, 5) is 36.2. The second-order valence-electron chi connectivity index (χ2n) is 6.33. The maximum absolute atomic E-state index is 12.8. The van der Waals surface area contributed by atoms with Gasteiger partial charge < -0.3 is 9.88 Å². The van der Waals surface area contributed by atoms with Crippen molar-refractivity contribution in [2.45, 2.75) is 38.8 Å². The van der Waals surface area contributed by atoms with Gasteiger partial charge in [0.05, 0.1) is 0 Å². The molecule has 0 bridgehead atoms. The Balaban J connectivity index is 2.09. The number of hydrogen-bond acceptors (Lipinski definition) is 4. The fraction of sp³-hybridized carbons (Fsp3) is 0.412. The van der Waals surface area contributed by atoms with E-state index < -0.39 is 6.04 Å². The van der Waals surface area contributed by atoms with Crippen LogP contribution in [-0.4, -0.2) is 16.5 Å². The summed E-state index contributed by atoms with van der Waals surface area (Å²) in [5.41, 5.74) is -0.0482. The van der Waals surface area contributed by atoms with Crippen LogP contribution in [0, 0.1) is 10.8 Å². The molecule has 6 nitrogen and oxygen atoms in total. The summed E-state index contributed by atoms with van der Waals surface area (Å²) in [5, 5.41) is 6.83. The number of carbonyl (C=O) groups excluding carboxylic acids is 1. The summed E-state index contributed by atoms with van der Waals surface area (Å²) in [7, 11) is 0. The normalized spacial score (nSPS) is 15.6. The standard InChI is InChI=1S/C17H19N3O3/c1-10(2)15(16(21)18-11-6-7-11)20-9-8-12-13(17(20)22)4-3-5-14(12)19-23/h3-5,8-11,15H,6-7H2,1-2H3,(H,18,21)/t15-/m1/s1. The van der Waals surface area contributed by atoms with Gasteiger partial charge in [0.1, 0.15) is 11.7 Å². The molecule has 1 aliphatic rings. The van der Waals surface area contributed by atoms with Crippen LogP contribution in [-0.2, 0) is 4.79 Å². The fourth-order valence-electron chi connectivity index (χ4n) is 2.84. The van der Waals surface area contributed by atoms with Crippen LogP contribution in [0.4, 0.5) is 5.69 Å². The maximum atomic E-state index is 12.8. The van der Waals surface area contributed by atoms with Gasteiger partial charge in [-0.15, -0.1) is 4.91 Å². The van der Waals surface area contributed by atoms with Crippen molar-refractivity contribution in [1.82, 2.24) is 9.88 Å². The van der Waals surface area contributed by atoms with Crippen molar-refractivity contribution in [3.63, 3.8) is 0 Å². The summed E-state index contributed by atoms with van der Waals surface area (Å²) >= 11 is 0. The summed E-state index contributed by atoms with van der Waals surface area (Å²) < 4.78 is 1.46. The molecule has 2 aromatic rings. The smallest absolute Gasteiger partial charge is 0.259 e. The Morgan fingerprint density at radius 3 is 2.61 bits per heavy atom. The molecule has 1 N–H and O–H groups in total. The first-order chi connectivity index (χ1) is 11.0. The van der Waals surface area contributed by atoms with E-state index in [1.807, 2.05) is 13.8 Å². The molecule has 1 heterocycles. The second-order valence-corrected chi connectivity index (χ2v) is 6.33. The Kier molecular flexibility index (Phi) is 3.98. The third-order valence-corrected chi connectivity index (χ3v) is 4.17. The molecule has 1 aromatic heterocycles. The van der Waals surface area contributed by atoms with Gasteiger partial charge in [0, 0.05) is 23.0 Å². The molecule has 1 aliphatic carbocycles. The lowest BCUT2D eigenvalue weighted by molar-refractivity contribution is -0.125. The van der Waals surface area contributed by atoms with Crippen molar-refractivity contribution < 1.29 is 4.79 Å². The minimum absolute atomic E-state index is 0.0312. The van der Waals surface area contributed by atoms with E-state index in [1.165, 1.54) is 4.57 Å². The van der Waals surface area contributed by atoms with Crippen LogP contribution in [0.1, 0.15) is 32.7 Å². The lowest BCUT2D eigenvalue weighted by Crippen LogP contribution is -2.40. The van der Waals surface area contributed by atoms with Gasteiger partial charge in [0.15, 0.2) is 0 Å². The quantitative estimate of drug-likeness (QED) is 0.862. The SMILES string of the molecule is CC(C)[C@H](C(=O)NC1CC1)n1ccc2c(N=O)cccc2c1=O. The summed E-state index contributed by atoms with van der Waals surface area (Å²) in [6.45, 7) is 3.83. The third kappa shape index (κ3) is 2.88. The van der Waals surface area contributed by atoms with Gasteiger partial charge in [-0.3, -0.25) is 9.59 Å². The number of nitroso groups, excluding NO2 is 1. The number of hydrogen-bond donors (Lipinski definition) is 1. The van der Waals surface area contributed by atoms with E-state index in [4.69, 9.17) is 0 Å². The average molecular weight is 313 g/mol. The van der Waals surface area contributed by atoms with Gasteiger partial charge in [-0.05, 0) is 42.1 Å². The molecule has 23 heavy (non-hydrogen) atoms. The minimum atomic E-state index is -0.569. The lowest BCUT2D eigenvalue weighted by Gasteiger charge is -2.23. The number of carbonyl (C=O) groups is 1. The van der Waals surface area contributed by atoms with Crippen LogP contribution in [0.25, 0.3) is 10.8 Å². The van der Waals surface area contributed by atoms with Crippen molar-refractivity contribution in [2.75, 3.05) is 0 Å². The lowest BCUT2D eigenvalue weighted by atomic mass is 10.0. The Morgan fingerprint density at radius 2 is 2.00 bits per heavy atom. The van der Waals surface area contributed by atoms with E-state index in [0.29, 0.717) is 10.8 Å². The van der Waals surface area contributed by atoms with Crippen molar-refractivity contribution in [2.24, 2.45) is 11.1 Å². The first-order valence-corrected chi connectivity index (χ1v) is 7.80. The number of nitrogens with one attached hydrogen (secondary N) is 1. The topological polar surface area (TPSA) is 80.5 Å². The van der Waals surface area contributed by atoms with Gasteiger partial charge in [-0.25, -0.2) is 0 Å². The highest BCUT2D eigenvalue weighted by Crippen LogP contribution is 2.26. The summed E-state index contributed by atoms with van der Waals surface area (Å²) in [6, 6.07) is 6.19. The molecule has 0 saturated heterocycles. The molecule has 1 aromatic carbocycles. The molecule has 1 amide bonds. The van der Waals surface area contributed by atoms with Crippen LogP contribution in [0.5, 0.6) is 0 Å². The average Bonchev–Trinajstić information content (AvgIpc) is 3.33. The molecule has 0 unspecified atom stereocenters. The predicted octanol–water partition coefficient (Wildman–Crippen LogP) is 2.88. The number of nitrogens with zero attached hydrogens (tertiary/aromatic N) is 2. The van der Waals surface area contributed by atoms with E-state index in [0.717, 1.165) is 12.8 Å². The Labute approximate surface area is 133 Å². The van der Waals surface area contributed by atoms with E-state index in [2.05, 4.69) is 10.5 Å². The molecule has 120 valence electrons. The predicted molar refractivity (Wildman–Crippen MR) is 88.7 cm³/mol. The molecule has 3 rings (SSSR count). The minimum Gasteiger partial charge on any atom is -0.352 e. The zero-order chi connectivity index (χ0) is 16.6. The van der Waals surface area contributed by atoms with Crippen molar-refractivity contribution >= 4 is 22.4 Å². The molecule has 6 heteroatoms. The highest BCUT2D eigenvalue weighted by atomic mass is 16.3. The molecule has 0 spiro atoms. The van der Waals surface area contributed by atoms with Crippen LogP contribution >= 0.6 is 0 Å². The van der Waals surface area contributed by atoms with Crippen LogP contribution < -0.4 is 10.9 Å². The van der Waals surface area contributed by atoms with Crippen molar-refractivity contribution in [1.29, 1.82) is 0 Å². The molecule has 1 fully saturated rings.